The Hall–Kier alpha value is -3.89. The van der Waals surface area contributed by atoms with Crippen molar-refractivity contribution in [1.82, 2.24) is 0 Å². The van der Waals surface area contributed by atoms with E-state index in [1.165, 1.54) is 0 Å². The van der Waals surface area contributed by atoms with Crippen molar-refractivity contribution in [3.8, 4) is 0 Å². The molecule has 0 saturated carbocycles. The molecule has 0 bridgehead atoms. The lowest BCUT2D eigenvalue weighted by Gasteiger charge is -2.53. The molecule has 5 rings (SSSR count). The first-order valence-electron chi connectivity index (χ1n) is 16.7. The zero-order valence-corrected chi connectivity index (χ0v) is 27.4. The Labute approximate surface area is 283 Å². The van der Waals surface area contributed by atoms with E-state index in [2.05, 4.69) is 0 Å². The summed E-state index contributed by atoms with van der Waals surface area (Å²) in [5, 5.41) is 22.6. The third-order valence-electron chi connectivity index (χ3n) is 8.74. The fraction of sp³-hybridized carbons (Fsp3) is 0.375. The zero-order chi connectivity index (χ0) is 33.6. The first kappa shape index (κ1) is 35.4. The summed E-state index contributed by atoms with van der Waals surface area (Å²) >= 11 is 0. The van der Waals surface area contributed by atoms with Crippen molar-refractivity contribution in [3.63, 3.8) is 0 Å². The second-order valence-corrected chi connectivity index (χ2v) is 12.2. The van der Waals surface area contributed by atoms with Crippen LogP contribution in [0.2, 0.25) is 0 Å². The molecule has 6 atom stereocenters. The SMILES string of the molecule is CCCCC(C(=O)O)[C@]1(COCc2ccccc2)O[C@H](O)[C@H](OCc2ccccc2)[C@@H](OCc2ccccc2)[C@@H]1OCc1ccccc1. The van der Waals surface area contributed by atoms with Crippen LogP contribution in [0.5, 0.6) is 0 Å². The van der Waals surface area contributed by atoms with Crippen molar-refractivity contribution >= 4 is 5.97 Å². The molecule has 8 heteroatoms. The highest BCUT2D eigenvalue weighted by Gasteiger charge is 2.61. The Kier molecular flexibility index (Phi) is 13.3. The third kappa shape index (κ3) is 9.38. The highest BCUT2D eigenvalue weighted by atomic mass is 16.7. The fourth-order valence-corrected chi connectivity index (χ4v) is 6.25. The number of hydrogen-bond acceptors (Lipinski definition) is 7. The molecule has 1 heterocycles. The Bertz CT molecular complexity index is 1490. The number of unbranched alkanes of at least 4 members (excludes halogenated alkanes) is 1. The minimum absolute atomic E-state index is 0.155. The summed E-state index contributed by atoms with van der Waals surface area (Å²) in [7, 11) is 0. The molecule has 1 aliphatic rings. The lowest BCUT2D eigenvalue weighted by molar-refractivity contribution is -0.362. The van der Waals surface area contributed by atoms with E-state index in [0.717, 1.165) is 28.7 Å². The van der Waals surface area contributed by atoms with Crippen molar-refractivity contribution in [3.05, 3.63) is 144 Å². The number of hydrogen-bond donors (Lipinski definition) is 2. The van der Waals surface area contributed by atoms with Gasteiger partial charge in [0.15, 0.2) is 6.29 Å². The fourth-order valence-electron chi connectivity index (χ4n) is 6.25. The van der Waals surface area contributed by atoms with Gasteiger partial charge in [0.2, 0.25) is 0 Å². The molecule has 1 saturated heterocycles. The van der Waals surface area contributed by atoms with Gasteiger partial charge in [-0.3, -0.25) is 4.79 Å². The molecule has 8 nitrogen and oxygen atoms in total. The molecule has 1 unspecified atom stereocenters. The normalized spacial score (nSPS) is 23.0. The first-order chi connectivity index (χ1) is 23.5. The van der Waals surface area contributed by atoms with Gasteiger partial charge in [-0.25, -0.2) is 0 Å². The number of rotatable bonds is 18. The van der Waals surface area contributed by atoms with E-state index in [4.69, 9.17) is 23.7 Å². The molecule has 0 aliphatic carbocycles. The zero-order valence-electron chi connectivity index (χ0n) is 27.4. The summed E-state index contributed by atoms with van der Waals surface area (Å²) in [5.74, 6) is -2.14. The van der Waals surface area contributed by atoms with Gasteiger partial charge in [-0.1, -0.05) is 141 Å². The van der Waals surface area contributed by atoms with Crippen LogP contribution in [0.1, 0.15) is 48.4 Å². The Morgan fingerprint density at radius 1 is 0.688 bits per heavy atom. The third-order valence-corrected chi connectivity index (χ3v) is 8.74. The van der Waals surface area contributed by atoms with Crippen molar-refractivity contribution in [2.24, 2.45) is 5.92 Å². The monoisotopic (exact) mass is 654 g/mol. The van der Waals surface area contributed by atoms with Gasteiger partial charge in [0.05, 0.1) is 39.0 Å². The molecule has 48 heavy (non-hydrogen) atoms. The van der Waals surface area contributed by atoms with Crippen LogP contribution in [0.4, 0.5) is 0 Å². The molecule has 0 radical (unpaired) electrons. The number of carbonyl (C=O) groups is 1. The maximum atomic E-state index is 13.2. The van der Waals surface area contributed by atoms with Crippen LogP contribution in [0.15, 0.2) is 121 Å². The number of aliphatic hydroxyl groups excluding tert-OH is 1. The van der Waals surface area contributed by atoms with E-state index in [1.54, 1.807) is 0 Å². The standard InChI is InChI=1S/C40H46O8/c1-2-3-24-34(38(41)42)40(29-44-25-30-16-8-4-9-17-30)37(47-28-33-22-14-7-15-23-33)35(45-26-31-18-10-5-11-19-31)36(39(43)48-40)46-27-32-20-12-6-13-21-32/h4-23,34-37,39,43H,2-3,24-29H2,1H3,(H,41,42)/t34?,35-,36-,37+,39+,40+/m1/s1. The highest BCUT2D eigenvalue weighted by Crippen LogP contribution is 2.43. The summed E-state index contributed by atoms with van der Waals surface area (Å²) in [5.41, 5.74) is 2.01. The van der Waals surface area contributed by atoms with E-state index >= 15 is 0 Å². The van der Waals surface area contributed by atoms with Crippen LogP contribution in [0.25, 0.3) is 0 Å². The lowest BCUT2D eigenvalue weighted by Crippen LogP contribution is -2.71. The second kappa shape index (κ2) is 18.0. The number of aliphatic hydroxyl groups is 1. The van der Waals surface area contributed by atoms with Gasteiger partial charge in [0, 0.05) is 0 Å². The number of carboxylic acid groups (broad SMARTS) is 1. The van der Waals surface area contributed by atoms with Gasteiger partial charge in [0.25, 0.3) is 0 Å². The van der Waals surface area contributed by atoms with E-state index in [0.29, 0.717) is 12.8 Å². The van der Waals surface area contributed by atoms with Crippen LogP contribution >= 0.6 is 0 Å². The topological polar surface area (TPSA) is 104 Å². The molecule has 254 valence electrons. The summed E-state index contributed by atoms with van der Waals surface area (Å²) in [6, 6.07) is 38.6. The molecule has 0 amide bonds. The molecule has 4 aromatic carbocycles. The lowest BCUT2D eigenvalue weighted by atomic mass is 9.74. The van der Waals surface area contributed by atoms with Gasteiger partial charge >= 0.3 is 5.97 Å². The van der Waals surface area contributed by atoms with Gasteiger partial charge in [-0.2, -0.15) is 0 Å². The van der Waals surface area contributed by atoms with Crippen molar-refractivity contribution in [1.29, 1.82) is 0 Å². The smallest absolute Gasteiger partial charge is 0.309 e. The number of ether oxygens (including phenoxy) is 5. The molecular weight excluding hydrogens is 608 g/mol. The minimum atomic E-state index is -1.63. The average molecular weight is 655 g/mol. The maximum Gasteiger partial charge on any atom is 0.309 e. The Morgan fingerprint density at radius 2 is 1.12 bits per heavy atom. The number of carboxylic acids is 1. The minimum Gasteiger partial charge on any atom is -0.481 e. The van der Waals surface area contributed by atoms with E-state index in [-0.39, 0.29) is 33.0 Å². The van der Waals surface area contributed by atoms with Gasteiger partial charge in [-0.05, 0) is 28.7 Å². The molecule has 4 aromatic rings. The molecular formula is C40H46O8. The van der Waals surface area contributed by atoms with E-state index in [1.807, 2.05) is 128 Å². The van der Waals surface area contributed by atoms with Crippen LogP contribution in [0, 0.1) is 5.92 Å². The molecule has 1 fully saturated rings. The number of benzene rings is 4. The summed E-state index contributed by atoms with van der Waals surface area (Å²) in [6.07, 6.45) is -2.76. The summed E-state index contributed by atoms with van der Waals surface area (Å²) in [4.78, 5) is 13.2. The molecule has 0 aromatic heterocycles. The Balaban J connectivity index is 1.56. The van der Waals surface area contributed by atoms with Crippen molar-refractivity contribution < 1.29 is 38.7 Å². The quantitative estimate of drug-likeness (QED) is 0.119. The van der Waals surface area contributed by atoms with Gasteiger partial charge in [0.1, 0.15) is 23.9 Å². The predicted molar refractivity (Wildman–Crippen MR) is 182 cm³/mol. The summed E-state index contributed by atoms with van der Waals surface area (Å²) in [6.45, 7) is 2.59. The van der Waals surface area contributed by atoms with Crippen molar-refractivity contribution in [2.45, 2.75) is 82.8 Å². The van der Waals surface area contributed by atoms with Crippen LogP contribution in [-0.2, 0) is 54.9 Å². The van der Waals surface area contributed by atoms with E-state index < -0.39 is 42.1 Å². The maximum absolute atomic E-state index is 13.2. The largest absolute Gasteiger partial charge is 0.481 e. The Morgan fingerprint density at radius 3 is 1.58 bits per heavy atom. The van der Waals surface area contributed by atoms with Crippen molar-refractivity contribution in [2.75, 3.05) is 6.61 Å². The van der Waals surface area contributed by atoms with Crippen LogP contribution < -0.4 is 0 Å². The van der Waals surface area contributed by atoms with E-state index in [9.17, 15) is 15.0 Å². The average Bonchev–Trinajstić information content (AvgIpc) is 3.11. The van der Waals surface area contributed by atoms with Gasteiger partial charge in [-0.15, -0.1) is 0 Å². The molecule has 0 spiro atoms. The number of aliphatic carboxylic acids is 1. The molecule has 1 aliphatic heterocycles. The highest BCUT2D eigenvalue weighted by molar-refractivity contribution is 5.72. The predicted octanol–water partition coefficient (Wildman–Crippen LogP) is 6.94. The first-order valence-corrected chi connectivity index (χ1v) is 16.7. The van der Waals surface area contributed by atoms with Crippen LogP contribution in [-0.4, -0.2) is 53.0 Å². The second-order valence-electron chi connectivity index (χ2n) is 12.2. The summed E-state index contributed by atoms with van der Waals surface area (Å²) < 4.78 is 32.6. The van der Waals surface area contributed by atoms with Gasteiger partial charge < -0.3 is 33.9 Å². The molecule has 2 N–H and O–H groups in total. The van der Waals surface area contributed by atoms with Crippen LogP contribution in [0.3, 0.4) is 0 Å².